The average molecular weight is 568 g/mol. The third kappa shape index (κ3) is 6.75. The number of hydrogen-bond acceptors (Lipinski definition) is 4. The van der Waals surface area contributed by atoms with Crippen LogP contribution in [0, 0.1) is 5.82 Å². The lowest BCUT2D eigenvalue weighted by Crippen LogP contribution is -2.54. The van der Waals surface area contributed by atoms with Crippen LogP contribution in [-0.4, -0.2) is 81.8 Å². The minimum atomic E-state index is -3.32. The third-order valence-corrected chi connectivity index (χ3v) is 7.65. The lowest BCUT2D eigenvalue weighted by Gasteiger charge is -2.36. The molecule has 1 aliphatic carbocycles. The molecule has 0 atom stereocenters. The van der Waals surface area contributed by atoms with Crippen molar-refractivity contribution in [1.29, 1.82) is 0 Å². The fraction of sp³-hybridized carbons (Fsp3) is 0.667. The van der Waals surface area contributed by atoms with Gasteiger partial charge < -0.3 is 15.0 Å². The SMILES string of the molecule is CN=C(NCC1(c2ccccc2F)CC1)N1CCN(S(=O)(=O)CCOC(C)C)CC1.I. The van der Waals surface area contributed by atoms with Gasteiger partial charge in [-0.2, -0.15) is 4.31 Å². The summed E-state index contributed by atoms with van der Waals surface area (Å²) in [5, 5.41) is 3.39. The van der Waals surface area contributed by atoms with Crippen LogP contribution < -0.4 is 5.32 Å². The van der Waals surface area contributed by atoms with Gasteiger partial charge in [0.1, 0.15) is 5.82 Å². The number of benzene rings is 1. The maximum Gasteiger partial charge on any atom is 0.216 e. The van der Waals surface area contributed by atoms with Crippen molar-refractivity contribution in [3.8, 4) is 0 Å². The first-order valence-electron chi connectivity index (χ1n) is 10.6. The Kier molecular flexibility index (Phi) is 9.53. The van der Waals surface area contributed by atoms with Gasteiger partial charge in [0.25, 0.3) is 0 Å². The highest BCUT2D eigenvalue weighted by Crippen LogP contribution is 2.48. The Bertz CT molecular complexity index is 854. The van der Waals surface area contributed by atoms with E-state index in [1.165, 1.54) is 10.4 Å². The van der Waals surface area contributed by atoms with E-state index in [9.17, 15) is 12.8 Å². The predicted molar refractivity (Wildman–Crippen MR) is 132 cm³/mol. The van der Waals surface area contributed by atoms with Crippen LogP contribution in [0.25, 0.3) is 0 Å². The summed E-state index contributed by atoms with van der Waals surface area (Å²) in [6, 6.07) is 6.96. The number of hydrogen-bond donors (Lipinski definition) is 1. The fourth-order valence-electron chi connectivity index (χ4n) is 3.86. The van der Waals surface area contributed by atoms with E-state index in [1.807, 2.05) is 26.0 Å². The molecule has 0 amide bonds. The van der Waals surface area contributed by atoms with E-state index in [-0.39, 0.29) is 53.7 Å². The van der Waals surface area contributed by atoms with Crippen molar-refractivity contribution >= 4 is 40.0 Å². The molecular weight excluding hydrogens is 534 g/mol. The van der Waals surface area contributed by atoms with Gasteiger partial charge >= 0.3 is 0 Å². The number of nitrogens with one attached hydrogen (secondary N) is 1. The van der Waals surface area contributed by atoms with Crippen LogP contribution in [0.2, 0.25) is 0 Å². The molecule has 0 radical (unpaired) electrons. The Hall–Kier alpha value is -0.980. The molecule has 176 valence electrons. The van der Waals surface area contributed by atoms with Crippen molar-refractivity contribution in [2.24, 2.45) is 4.99 Å². The van der Waals surface area contributed by atoms with Gasteiger partial charge in [-0.25, -0.2) is 12.8 Å². The first kappa shape index (κ1) is 26.3. The number of rotatable bonds is 8. The van der Waals surface area contributed by atoms with E-state index < -0.39 is 10.0 Å². The van der Waals surface area contributed by atoms with Crippen molar-refractivity contribution in [1.82, 2.24) is 14.5 Å². The second-order valence-electron chi connectivity index (χ2n) is 8.28. The Labute approximate surface area is 202 Å². The van der Waals surface area contributed by atoms with E-state index in [1.54, 1.807) is 13.1 Å². The van der Waals surface area contributed by atoms with Gasteiger partial charge in [0, 0.05) is 45.2 Å². The van der Waals surface area contributed by atoms with Gasteiger partial charge in [-0.3, -0.25) is 4.99 Å². The molecule has 1 aromatic rings. The maximum absolute atomic E-state index is 14.2. The molecule has 2 aliphatic rings. The first-order valence-corrected chi connectivity index (χ1v) is 12.2. The highest BCUT2D eigenvalue weighted by Gasteiger charge is 2.46. The summed E-state index contributed by atoms with van der Waals surface area (Å²) in [6.07, 6.45) is 1.91. The summed E-state index contributed by atoms with van der Waals surface area (Å²) in [5.41, 5.74) is 0.579. The van der Waals surface area contributed by atoms with Gasteiger partial charge in [0.15, 0.2) is 5.96 Å². The van der Waals surface area contributed by atoms with Crippen molar-refractivity contribution in [3.63, 3.8) is 0 Å². The maximum atomic E-state index is 14.2. The van der Waals surface area contributed by atoms with Gasteiger partial charge in [-0.15, -0.1) is 24.0 Å². The van der Waals surface area contributed by atoms with E-state index in [4.69, 9.17) is 4.74 Å². The first-order chi connectivity index (χ1) is 14.3. The van der Waals surface area contributed by atoms with Crippen molar-refractivity contribution in [2.75, 3.05) is 52.1 Å². The monoisotopic (exact) mass is 568 g/mol. The normalized spacial score (nSPS) is 19.3. The summed E-state index contributed by atoms with van der Waals surface area (Å²) in [6.45, 7) is 6.58. The molecule has 0 spiro atoms. The Morgan fingerprint density at radius 1 is 1.23 bits per heavy atom. The molecule has 1 heterocycles. The lowest BCUT2D eigenvalue weighted by atomic mass is 9.95. The highest BCUT2D eigenvalue weighted by atomic mass is 127. The standard InChI is InChI=1S/C21H33FN4O3S.HI/c1-17(2)29-14-15-30(27,28)26-12-10-25(11-13-26)20(23-3)24-16-21(8-9-21)18-6-4-5-7-19(18)22;/h4-7,17H,8-16H2,1-3H3,(H,23,24);1H. The van der Waals surface area contributed by atoms with Crippen molar-refractivity contribution < 1.29 is 17.5 Å². The van der Waals surface area contributed by atoms with E-state index in [0.29, 0.717) is 32.7 Å². The topological polar surface area (TPSA) is 74.2 Å². The molecule has 7 nitrogen and oxygen atoms in total. The molecule has 1 saturated carbocycles. The summed E-state index contributed by atoms with van der Waals surface area (Å²) in [5.74, 6) is 0.577. The molecule has 0 aromatic heterocycles. The van der Waals surface area contributed by atoms with E-state index in [0.717, 1.165) is 24.4 Å². The average Bonchev–Trinajstić information content (AvgIpc) is 3.49. The molecule has 1 N–H and O–H groups in total. The minimum Gasteiger partial charge on any atom is -0.378 e. The smallest absolute Gasteiger partial charge is 0.216 e. The number of ether oxygens (including phenoxy) is 1. The molecule has 0 unspecified atom stereocenters. The zero-order valence-electron chi connectivity index (χ0n) is 18.5. The molecule has 1 saturated heterocycles. The zero-order valence-corrected chi connectivity index (χ0v) is 21.7. The fourth-order valence-corrected chi connectivity index (χ4v) is 5.15. The number of guanidine groups is 1. The van der Waals surface area contributed by atoms with Gasteiger partial charge in [-0.05, 0) is 38.3 Å². The summed E-state index contributed by atoms with van der Waals surface area (Å²) in [7, 11) is -1.60. The quantitative estimate of drug-likeness (QED) is 0.297. The largest absolute Gasteiger partial charge is 0.378 e. The second kappa shape index (κ2) is 11.2. The number of sulfonamides is 1. The zero-order chi connectivity index (χ0) is 21.8. The van der Waals surface area contributed by atoms with E-state index >= 15 is 0 Å². The summed E-state index contributed by atoms with van der Waals surface area (Å²) < 4.78 is 46.2. The van der Waals surface area contributed by atoms with Crippen LogP contribution >= 0.6 is 24.0 Å². The highest BCUT2D eigenvalue weighted by molar-refractivity contribution is 14.0. The third-order valence-electron chi connectivity index (χ3n) is 5.82. The molecule has 1 aliphatic heterocycles. The van der Waals surface area contributed by atoms with Gasteiger partial charge in [0.05, 0.1) is 18.5 Å². The van der Waals surface area contributed by atoms with Crippen LogP contribution in [0.5, 0.6) is 0 Å². The molecule has 31 heavy (non-hydrogen) atoms. The predicted octanol–water partition coefficient (Wildman–Crippen LogP) is 2.42. The Morgan fingerprint density at radius 3 is 2.42 bits per heavy atom. The lowest BCUT2D eigenvalue weighted by molar-refractivity contribution is 0.0904. The van der Waals surface area contributed by atoms with Crippen LogP contribution in [0.15, 0.2) is 29.3 Å². The molecule has 1 aromatic carbocycles. The summed E-state index contributed by atoms with van der Waals surface area (Å²) >= 11 is 0. The van der Waals surface area contributed by atoms with Gasteiger partial charge in [-0.1, -0.05) is 18.2 Å². The summed E-state index contributed by atoms with van der Waals surface area (Å²) in [4.78, 5) is 6.43. The molecule has 2 fully saturated rings. The Morgan fingerprint density at radius 2 is 1.87 bits per heavy atom. The van der Waals surface area contributed by atoms with Crippen LogP contribution in [-0.2, 0) is 20.2 Å². The number of halogens is 2. The minimum absolute atomic E-state index is 0. The molecular formula is C21H34FIN4O3S. The molecule has 10 heteroatoms. The van der Waals surface area contributed by atoms with Crippen LogP contribution in [0.3, 0.4) is 0 Å². The van der Waals surface area contributed by atoms with Crippen LogP contribution in [0.1, 0.15) is 32.3 Å². The second-order valence-corrected chi connectivity index (χ2v) is 10.4. The van der Waals surface area contributed by atoms with E-state index in [2.05, 4.69) is 15.2 Å². The molecule has 3 rings (SSSR count). The van der Waals surface area contributed by atoms with Gasteiger partial charge in [0.2, 0.25) is 10.0 Å². The van der Waals surface area contributed by atoms with Crippen LogP contribution in [0.4, 0.5) is 4.39 Å². The van der Waals surface area contributed by atoms with Crippen molar-refractivity contribution in [3.05, 3.63) is 35.6 Å². The number of aliphatic imine (C=N–C) groups is 1. The Balaban J connectivity index is 0.00000341. The number of piperazine rings is 1. The van der Waals surface area contributed by atoms with Crippen molar-refractivity contribution in [2.45, 2.75) is 38.2 Å². The molecule has 0 bridgehead atoms. The number of nitrogens with zero attached hydrogens (tertiary/aromatic N) is 3.